The second-order valence-electron chi connectivity index (χ2n) is 4.36. The van der Waals surface area contributed by atoms with Crippen molar-refractivity contribution in [2.24, 2.45) is 0 Å². The van der Waals surface area contributed by atoms with Crippen LogP contribution in [0, 0.1) is 0 Å². The van der Waals surface area contributed by atoms with E-state index in [1.54, 1.807) is 14.0 Å². The average molecular weight is 250 g/mol. The van der Waals surface area contributed by atoms with Crippen LogP contribution in [0.15, 0.2) is 24.3 Å². The van der Waals surface area contributed by atoms with Crippen molar-refractivity contribution in [1.82, 2.24) is 5.32 Å². The standard InChI is InChI=1S/C14H22N2O2/c1-4-9-16(10-14(18)15-3)13-7-5-12(6-8-13)11(2)17/h5-8,11,17H,4,9-10H2,1-3H3,(H,15,18). The van der Waals surface area contributed by atoms with Gasteiger partial charge in [0.25, 0.3) is 0 Å². The first-order valence-electron chi connectivity index (χ1n) is 6.32. The lowest BCUT2D eigenvalue weighted by Gasteiger charge is -2.23. The SMILES string of the molecule is CCCN(CC(=O)NC)c1ccc(C(C)O)cc1. The first-order chi connectivity index (χ1) is 8.58. The number of hydrogen-bond acceptors (Lipinski definition) is 3. The summed E-state index contributed by atoms with van der Waals surface area (Å²) in [6, 6.07) is 7.68. The summed E-state index contributed by atoms with van der Waals surface area (Å²) in [5, 5.41) is 12.1. The van der Waals surface area contributed by atoms with Gasteiger partial charge in [-0.25, -0.2) is 0 Å². The summed E-state index contributed by atoms with van der Waals surface area (Å²) in [6.07, 6.45) is 0.521. The highest BCUT2D eigenvalue weighted by atomic mass is 16.3. The Bertz CT molecular complexity index is 374. The van der Waals surface area contributed by atoms with E-state index in [0.29, 0.717) is 6.54 Å². The molecule has 0 saturated carbocycles. The van der Waals surface area contributed by atoms with Crippen LogP contribution in [0.3, 0.4) is 0 Å². The largest absolute Gasteiger partial charge is 0.389 e. The molecule has 0 aliphatic carbocycles. The number of likely N-dealkylation sites (N-methyl/N-ethyl adjacent to an activating group) is 1. The molecule has 1 amide bonds. The van der Waals surface area contributed by atoms with E-state index in [0.717, 1.165) is 24.2 Å². The second-order valence-corrected chi connectivity index (χ2v) is 4.36. The molecular weight excluding hydrogens is 228 g/mol. The Morgan fingerprint density at radius 1 is 1.39 bits per heavy atom. The molecule has 4 nitrogen and oxygen atoms in total. The van der Waals surface area contributed by atoms with Crippen molar-refractivity contribution in [1.29, 1.82) is 0 Å². The van der Waals surface area contributed by atoms with Crippen LogP contribution in [0.2, 0.25) is 0 Å². The monoisotopic (exact) mass is 250 g/mol. The van der Waals surface area contributed by atoms with E-state index in [9.17, 15) is 9.90 Å². The third-order valence-corrected chi connectivity index (χ3v) is 2.85. The maximum atomic E-state index is 11.5. The van der Waals surface area contributed by atoms with Crippen LogP contribution < -0.4 is 10.2 Å². The van der Waals surface area contributed by atoms with Gasteiger partial charge in [-0.2, -0.15) is 0 Å². The fourth-order valence-electron chi connectivity index (χ4n) is 1.79. The van der Waals surface area contributed by atoms with Gasteiger partial charge in [0, 0.05) is 19.3 Å². The molecule has 1 rings (SSSR count). The van der Waals surface area contributed by atoms with Crippen molar-refractivity contribution < 1.29 is 9.90 Å². The minimum atomic E-state index is -0.461. The topological polar surface area (TPSA) is 52.6 Å². The van der Waals surface area contributed by atoms with Gasteiger partial charge in [0.2, 0.25) is 5.91 Å². The summed E-state index contributed by atoms with van der Waals surface area (Å²) in [5.74, 6) is 0.00283. The molecular formula is C14H22N2O2. The lowest BCUT2D eigenvalue weighted by molar-refractivity contribution is -0.119. The summed E-state index contributed by atoms with van der Waals surface area (Å²) in [5.41, 5.74) is 1.89. The molecule has 100 valence electrons. The molecule has 1 atom stereocenters. The van der Waals surface area contributed by atoms with Gasteiger partial charge in [-0.1, -0.05) is 19.1 Å². The summed E-state index contributed by atoms with van der Waals surface area (Å²) < 4.78 is 0. The van der Waals surface area contributed by atoms with E-state index in [2.05, 4.69) is 12.2 Å². The number of hydrogen-bond donors (Lipinski definition) is 2. The highest BCUT2D eigenvalue weighted by Gasteiger charge is 2.10. The molecule has 0 heterocycles. The average Bonchev–Trinajstić information content (AvgIpc) is 2.38. The Hall–Kier alpha value is -1.55. The predicted octanol–water partition coefficient (Wildman–Crippen LogP) is 1.70. The van der Waals surface area contributed by atoms with Crippen LogP contribution in [0.1, 0.15) is 31.9 Å². The van der Waals surface area contributed by atoms with E-state index in [1.807, 2.05) is 29.2 Å². The van der Waals surface area contributed by atoms with E-state index >= 15 is 0 Å². The van der Waals surface area contributed by atoms with Gasteiger partial charge in [0.1, 0.15) is 0 Å². The molecule has 0 radical (unpaired) electrons. The van der Waals surface area contributed by atoms with Crippen LogP contribution >= 0.6 is 0 Å². The van der Waals surface area contributed by atoms with E-state index in [1.165, 1.54) is 0 Å². The molecule has 0 saturated heterocycles. The number of amides is 1. The number of aliphatic hydroxyl groups is 1. The minimum absolute atomic E-state index is 0.00283. The van der Waals surface area contributed by atoms with Crippen LogP contribution in [-0.4, -0.2) is 31.2 Å². The molecule has 0 spiro atoms. The van der Waals surface area contributed by atoms with Gasteiger partial charge >= 0.3 is 0 Å². The van der Waals surface area contributed by atoms with Gasteiger partial charge in [-0.3, -0.25) is 4.79 Å². The van der Waals surface area contributed by atoms with Crippen LogP contribution in [-0.2, 0) is 4.79 Å². The maximum Gasteiger partial charge on any atom is 0.239 e. The van der Waals surface area contributed by atoms with Crippen molar-refractivity contribution in [2.45, 2.75) is 26.4 Å². The molecule has 0 aromatic heterocycles. The summed E-state index contributed by atoms with van der Waals surface area (Å²) in [7, 11) is 1.64. The summed E-state index contributed by atoms with van der Waals surface area (Å²) in [6.45, 7) is 5.02. The molecule has 1 aromatic rings. The van der Waals surface area contributed by atoms with Crippen molar-refractivity contribution in [3.05, 3.63) is 29.8 Å². The van der Waals surface area contributed by atoms with Crippen molar-refractivity contribution in [3.8, 4) is 0 Å². The molecule has 2 N–H and O–H groups in total. The fourth-order valence-corrected chi connectivity index (χ4v) is 1.79. The summed E-state index contributed by atoms with van der Waals surface area (Å²) in [4.78, 5) is 13.5. The van der Waals surface area contributed by atoms with Crippen LogP contribution in [0.5, 0.6) is 0 Å². The number of nitrogens with one attached hydrogen (secondary N) is 1. The van der Waals surface area contributed by atoms with Crippen LogP contribution in [0.25, 0.3) is 0 Å². The number of rotatable bonds is 6. The Kier molecular flexibility index (Phi) is 5.65. The number of carbonyl (C=O) groups excluding carboxylic acids is 1. The van der Waals surface area contributed by atoms with Crippen molar-refractivity contribution >= 4 is 11.6 Å². The minimum Gasteiger partial charge on any atom is -0.389 e. The molecule has 1 unspecified atom stereocenters. The predicted molar refractivity (Wildman–Crippen MR) is 73.6 cm³/mol. The van der Waals surface area contributed by atoms with Gasteiger partial charge < -0.3 is 15.3 Å². The zero-order valence-corrected chi connectivity index (χ0v) is 11.3. The number of nitrogens with zero attached hydrogens (tertiary/aromatic N) is 1. The molecule has 0 aliphatic rings. The zero-order valence-electron chi connectivity index (χ0n) is 11.3. The third-order valence-electron chi connectivity index (χ3n) is 2.85. The Balaban J connectivity index is 2.81. The van der Waals surface area contributed by atoms with E-state index in [4.69, 9.17) is 0 Å². The quantitative estimate of drug-likeness (QED) is 0.808. The third kappa shape index (κ3) is 4.04. The van der Waals surface area contributed by atoms with Gasteiger partial charge in [0.15, 0.2) is 0 Å². The molecule has 0 bridgehead atoms. The zero-order chi connectivity index (χ0) is 13.5. The smallest absolute Gasteiger partial charge is 0.239 e. The van der Waals surface area contributed by atoms with Crippen LogP contribution in [0.4, 0.5) is 5.69 Å². The Morgan fingerprint density at radius 2 is 2.00 bits per heavy atom. The number of benzene rings is 1. The molecule has 4 heteroatoms. The van der Waals surface area contributed by atoms with E-state index < -0.39 is 6.10 Å². The Labute approximate surface area is 109 Å². The van der Waals surface area contributed by atoms with Gasteiger partial charge in [-0.05, 0) is 31.0 Å². The highest BCUT2D eigenvalue weighted by molar-refractivity contribution is 5.81. The molecule has 18 heavy (non-hydrogen) atoms. The lowest BCUT2D eigenvalue weighted by Crippen LogP contribution is -2.36. The number of anilines is 1. The number of aliphatic hydroxyl groups excluding tert-OH is 1. The molecule has 0 fully saturated rings. The summed E-state index contributed by atoms with van der Waals surface area (Å²) >= 11 is 0. The number of carbonyl (C=O) groups is 1. The lowest BCUT2D eigenvalue weighted by atomic mass is 10.1. The fraction of sp³-hybridized carbons (Fsp3) is 0.500. The van der Waals surface area contributed by atoms with Gasteiger partial charge in [-0.15, -0.1) is 0 Å². The maximum absolute atomic E-state index is 11.5. The molecule has 0 aliphatic heterocycles. The van der Waals surface area contributed by atoms with E-state index in [-0.39, 0.29) is 5.91 Å². The Morgan fingerprint density at radius 3 is 2.44 bits per heavy atom. The van der Waals surface area contributed by atoms with Gasteiger partial charge in [0.05, 0.1) is 12.6 Å². The normalized spacial score (nSPS) is 12.0. The first-order valence-corrected chi connectivity index (χ1v) is 6.32. The van der Waals surface area contributed by atoms with Crippen molar-refractivity contribution in [3.63, 3.8) is 0 Å². The first kappa shape index (κ1) is 14.5. The second kappa shape index (κ2) is 7.01. The van der Waals surface area contributed by atoms with Crippen molar-refractivity contribution in [2.75, 3.05) is 25.0 Å². The molecule has 1 aromatic carbocycles. The highest BCUT2D eigenvalue weighted by Crippen LogP contribution is 2.19.